The highest BCUT2D eigenvalue weighted by Crippen LogP contribution is 2.20. The first-order chi connectivity index (χ1) is 17.6. The number of esters is 1. The SMILES string of the molecule is C=CCCCCCCCCOc1ccc(OC(=O)c2ccc(OCCCCCC(C)CC)cc2)cc1. The van der Waals surface area contributed by atoms with Crippen molar-refractivity contribution in [1.82, 2.24) is 0 Å². The molecule has 0 radical (unpaired) electrons. The van der Waals surface area contributed by atoms with Gasteiger partial charge in [0.25, 0.3) is 0 Å². The zero-order chi connectivity index (χ0) is 25.8. The Morgan fingerprint density at radius 1 is 0.750 bits per heavy atom. The lowest BCUT2D eigenvalue weighted by Gasteiger charge is -2.10. The normalized spacial score (nSPS) is 11.6. The lowest BCUT2D eigenvalue weighted by atomic mass is 10.0. The van der Waals surface area contributed by atoms with Gasteiger partial charge in [0.15, 0.2) is 0 Å². The van der Waals surface area contributed by atoms with E-state index in [0.717, 1.165) is 36.7 Å². The van der Waals surface area contributed by atoms with E-state index in [1.807, 2.05) is 30.3 Å². The van der Waals surface area contributed by atoms with Gasteiger partial charge in [0.2, 0.25) is 0 Å². The number of carbonyl (C=O) groups is 1. The van der Waals surface area contributed by atoms with Gasteiger partial charge in [0, 0.05) is 0 Å². The largest absolute Gasteiger partial charge is 0.494 e. The van der Waals surface area contributed by atoms with Crippen molar-refractivity contribution in [3.05, 3.63) is 66.7 Å². The zero-order valence-electron chi connectivity index (χ0n) is 22.5. The molecule has 4 nitrogen and oxygen atoms in total. The molecule has 2 aromatic rings. The van der Waals surface area contributed by atoms with Crippen LogP contribution in [0.2, 0.25) is 0 Å². The van der Waals surface area contributed by atoms with Crippen LogP contribution in [0.25, 0.3) is 0 Å². The molecule has 1 atom stereocenters. The fraction of sp³-hybridized carbons (Fsp3) is 0.531. The lowest BCUT2D eigenvalue weighted by molar-refractivity contribution is 0.0734. The second-order valence-electron chi connectivity index (χ2n) is 9.64. The second kappa shape index (κ2) is 18.5. The molecule has 1 unspecified atom stereocenters. The number of hydrogen-bond acceptors (Lipinski definition) is 4. The Morgan fingerprint density at radius 3 is 1.83 bits per heavy atom. The van der Waals surface area contributed by atoms with Crippen LogP contribution in [0.15, 0.2) is 61.2 Å². The molecule has 2 aromatic carbocycles. The summed E-state index contributed by atoms with van der Waals surface area (Å²) in [7, 11) is 0. The predicted molar refractivity (Wildman–Crippen MR) is 149 cm³/mol. The van der Waals surface area contributed by atoms with E-state index in [-0.39, 0.29) is 5.97 Å². The van der Waals surface area contributed by atoms with E-state index in [1.165, 1.54) is 57.8 Å². The van der Waals surface area contributed by atoms with Gasteiger partial charge < -0.3 is 14.2 Å². The summed E-state index contributed by atoms with van der Waals surface area (Å²) in [6.45, 7) is 9.72. The fourth-order valence-electron chi connectivity index (χ4n) is 3.91. The predicted octanol–water partition coefficient (Wildman–Crippen LogP) is 9.19. The molecule has 0 bridgehead atoms. The number of unbranched alkanes of at least 4 members (excludes halogenated alkanes) is 8. The molecule has 0 heterocycles. The summed E-state index contributed by atoms with van der Waals surface area (Å²) in [6, 6.07) is 14.4. The molecule has 0 spiro atoms. The Bertz CT molecular complexity index is 841. The standard InChI is InChI=1S/C32H46O4/c1-4-6-7-8-9-10-11-14-25-35-30-21-23-31(24-22-30)36-32(33)28-17-19-29(20-18-28)34-26-15-12-13-16-27(3)5-2/h4,17-24,27H,1,5-16,25-26H2,2-3H3. The monoisotopic (exact) mass is 494 g/mol. The van der Waals surface area contributed by atoms with Crippen LogP contribution in [0.3, 0.4) is 0 Å². The third-order valence-electron chi connectivity index (χ3n) is 6.50. The second-order valence-corrected chi connectivity index (χ2v) is 9.64. The third kappa shape index (κ3) is 12.8. The van der Waals surface area contributed by atoms with Crippen LogP contribution in [-0.2, 0) is 0 Å². The molecule has 0 aliphatic rings. The van der Waals surface area contributed by atoms with Crippen LogP contribution >= 0.6 is 0 Å². The van der Waals surface area contributed by atoms with Crippen molar-refractivity contribution in [2.45, 2.75) is 90.9 Å². The van der Waals surface area contributed by atoms with Crippen molar-refractivity contribution in [3.63, 3.8) is 0 Å². The summed E-state index contributed by atoms with van der Waals surface area (Å²) < 4.78 is 17.1. The summed E-state index contributed by atoms with van der Waals surface area (Å²) in [4.78, 5) is 12.5. The topological polar surface area (TPSA) is 44.8 Å². The number of carbonyl (C=O) groups excluding carboxylic acids is 1. The molecule has 0 N–H and O–H groups in total. The first-order valence-corrected chi connectivity index (χ1v) is 13.9. The van der Waals surface area contributed by atoms with Crippen LogP contribution in [-0.4, -0.2) is 19.2 Å². The number of hydrogen-bond donors (Lipinski definition) is 0. The Labute approximate surface area is 219 Å². The van der Waals surface area contributed by atoms with Gasteiger partial charge in [0.1, 0.15) is 17.2 Å². The molecule has 36 heavy (non-hydrogen) atoms. The maximum atomic E-state index is 12.5. The Balaban J connectivity index is 1.61. The Morgan fingerprint density at radius 2 is 1.25 bits per heavy atom. The maximum Gasteiger partial charge on any atom is 0.343 e. The van der Waals surface area contributed by atoms with E-state index in [4.69, 9.17) is 14.2 Å². The molecule has 0 aliphatic heterocycles. The lowest BCUT2D eigenvalue weighted by Crippen LogP contribution is -2.08. The van der Waals surface area contributed by atoms with Crippen LogP contribution in [0.5, 0.6) is 17.2 Å². The van der Waals surface area contributed by atoms with E-state index >= 15 is 0 Å². The van der Waals surface area contributed by atoms with Crippen LogP contribution in [0, 0.1) is 5.92 Å². The molecular weight excluding hydrogens is 448 g/mol. The van der Waals surface area contributed by atoms with E-state index < -0.39 is 0 Å². The first kappa shape index (κ1) is 29.5. The molecule has 0 fully saturated rings. The van der Waals surface area contributed by atoms with E-state index in [0.29, 0.717) is 24.5 Å². The minimum Gasteiger partial charge on any atom is -0.494 e. The quantitative estimate of drug-likeness (QED) is 0.0796. The highest BCUT2D eigenvalue weighted by Gasteiger charge is 2.09. The van der Waals surface area contributed by atoms with Gasteiger partial charge in [-0.25, -0.2) is 4.79 Å². The maximum absolute atomic E-state index is 12.5. The van der Waals surface area contributed by atoms with Crippen molar-refractivity contribution in [3.8, 4) is 17.2 Å². The molecule has 0 aliphatic carbocycles. The minimum atomic E-state index is -0.381. The van der Waals surface area contributed by atoms with Gasteiger partial charge in [-0.15, -0.1) is 6.58 Å². The minimum absolute atomic E-state index is 0.381. The van der Waals surface area contributed by atoms with E-state index in [1.54, 1.807) is 24.3 Å². The van der Waals surface area contributed by atoms with Gasteiger partial charge in [0.05, 0.1) is 18.8 Å². The molecule has 198 valence electrons. The van der Waals surface area contributed by atoms with Crippen LogP contribution in [0.4, 0.5) is 0 Å². The first-order valence-electron chi connectivity index (χ1n) is 13.9. The molecule has 2 rings (SSSR count). The number of allylic oxidation sites excluding steroid dienone is 1. The summed E-state index contributed by atoms with van der Waals surface area (Å²) >= 11 is 0. The third-order valence-corrected chi connectivity index (χ3v) is 6.50. The molecule has 0 aromatic heterocycles. The van der Waals surface area contributed by atoms with Crippen molar-refractivity contribution in [1.29, 1.82) is 0 Å². The number of ether oxygens (including phenoxy) is 3. The average molecular weight is 495 g/mol. The number of rotatable bonds is 20. The number of benzene rings is 2. The molecule has 0 saturated heterocycles. The molecular formula is C32H46O4. The van der Waals surface area contributed by atoms with Gasteiger partial charge in [-0.2, -0.15) is 0 Å². The smallest absolute Gasteiger partial charge is 0.343 e. The molecule has 4 heteroatoms. The summed E-state index contributed by atoms with van der Waals surface area (Å²) in [5.41, 5.74) is 0.501. The van der Waals surface area contributed by atoms with Crippen molar-refractivity contribution < 1.29 is 19.0 Å². The van der Waals surface area contributed by atoms with Gasteiger partial charge >= 0.3 is 5.97 Å². The van der Waals surface area contributed by atoms with Gasteiger partial charge in [-0.1, -0.05) is 71.3 Å². The van der Waals surface area contributed by atoms with Crippen LogP contribution in [0.1, 0.15) is 101 Å². The van der Waals surface area contributed by atoms with Gasteiger partial charge in [-0.05, 0) is 80.1 Å². The Kier molecular flexibility index (Phi) is 15.2. The summed E-state index contributed by atoms with van der Waals surface area (Å²) in [6.07, 6.45) is 16.5. The summed E-state index contributed by atoms with van der Waals surface area (Å²) in [5, 5.41) is 0. The highest BCUT2D eigenvalue weighted by molar-refractivity contribution is 5.91. The van der Waals surface area contributed by atoms with Crippen LogP contribution < -0.4 is 14.2 Å². The Hall–Kier alpha value is -2.75. The van der Waals surface area contributed by atoms with Gasteiger partial charge in [-0.3, -0.25) is 0 Å². The summed E-state index contributed by atoms with van der Waals surface area (Å²) in [5.74, 6) is 2.51. The zero-order valence-corrected chi connectivity index (χ0v) is 22.5. The van der Waals surface area contributed by atoms with Crippen molar-refractivity contribution in [2.24, 2.45) is 5.92 Å². The van der Waals surface area contributed by atoms with Crippen molar-refractivity contribution in [2.75, 3.05) is 13.2 Å². The van der Waals surface area contributed by atoms with E-state index in [9.17, 15) is 4.79 Å². The fourth-order valence-corrected chi connectivity index (χ4v) is 3.91. The van der Waals surface area contributed by atoms with E-state index in [2.05, 4.69) is 20.4 Å². The molecule has 0 saturated carbocycles. The average Bonchev–Trinajstić information content (AvgIpc) is 2.90. The highest BCUT2D eigenvalue weighted by atomic mass is 16.5. The molecule has 0 amide bonds. The van der Waals surface area contributed by atoms with Crippen molar-refractivity contribution >= 4 is 5.97 Å².